The second-order valence-corrected chi connectivity index (χ2v) is 2.09. The highest BCUT2D eigenvalue weighted by Crippen LogP contribution is 2.11. The van der Waals surface area contributed by atoms with Crippen LogP contribution in [0.3, 0.4) is 0 Å². The van der Waals surface area contributed by atoms with Crippen molar-refractivity contribution >= 4 is 16.8 Å². The van der Waals surface area contributed by atoms with Crippen LogP contribution in [-0.4, -0.2) is 5.17 Å². The maximum atomic E-state index is 5.50. The Labute approximate surface area is 47.7 Å². The molecule has 0 aromatic heterocycles. The molecule has 0 bridgehead atoms. The summed E-state index contributed by atoms with van der Waals surface area (Å²) in [7, 11) is 0. The molecule has 0 amide bonds. The highest BCUT2D eigenvalue weighted by atomic mass is 35.5. The SMILES string of the molecule is CC1=CN=C(Cl)C1. The van der Waals surface area contributed by atoms with Gasteiger partial charge in [-0.2, -0.15) is 0 Å². The van der Waals surface area contributed by atoms with Crippen molar-refractivity contribution in [3.63, 3.8) is 0 Å². The molecule has 0 unspecified atom stereocenters. The summed E-state index contributed by atoms with van der Waals surface area (Å²) >= 11 is 5.50. The van der Waals surface area contributed by atoms with Gasteiger partial charge in [0.25, 0.3) is 0 Å². The quantitative estimate of drug-likeness (QED) is 0.458. The lowest BCUT2D eigenvalue weighted by atomic mass is 10.3. The number of nitrogens with zero attached hydrogens (tertiary/aromatic N) is 1. The number of aliphatic imine (C=N–C) groups is 1. The average molecular weight is 116 g/mol. The van der Waals surface area contributed by atoms with Crippen LogP contribution in [0.25, 0.3) is 0 Å². The van der Waals surface area contributed by atoms with Crippen LogP contribution in [0.4, 0.5) is 0 Å². The summed E-state index contributed by atoms with van der Waals surface area (Å²) in [5.41, 5.74) is 1.24. The van der Waals surface area contributed by atoms with E-state index in [-0.39, 0.29) is 0 Å². The van der Waals surface area contributed by atoms with Crippen LogP contribution in [-0.2, 0) is 0 Å². The van der Waals surface area contributed by atoms with Crippen molar-refractivity contribution in [3.05, 3.63) is 11.8 Å². The van der Waals surface area contributed by atoms with Gasteiger partial charge in [-0.15, -0.1) is 0 Å². The van der Waals surface area contributed by atoms with Crippen molar-refractivity contribution in [3.8, 4) is 0 Å². The minimum atomic E-state index is 0.706. The molecule has 1 aliphatic heterocycles. The Kier molecular flexibility index (Phi) is 1.15. The fraction of sp³-hybridized carbons (Fsp3) is 0.400. The van der Waals surface area contributed by atoms with Crippen LogP contribution in [0.2, 0.25) is 0 Å². The summed E-state index contributed by atoms with van der Waals surface area (Å²) in [5.74, 6) is 0. The van der Waals surface area contributed by atoms with Gasteiger partial charge in [-0.25, -0.2) is 4.99 Å². The lowest BCUT2D eigenvalue weighted by molar-refractivity contribution is 1.32. The molecular formula is C5H6ClN. The number of rotatable bonds is 0. The van der Waals surface area contributed by atoms with Crippen molar-refractivity contribution in [2.24, 2.45) is 4.99 Å². The van der Waals surface area contributed by atoms with Crippen LogP contribution in [0, 0.1) is 0 Å². The first-order chi connectivity index (χ1) is 3.29. The molecule has 0 N–H and O–H groups in total. The Hall–Kier alpha value is -0.300. The topological polar surface area (TPSA) is 12.4 Å². The number of allylic oxidation sites excluding steroid dienone is 1. The van der Waals surface area contributed by atoms with Gasteiger partial charge in [-0.05, 0) is 12.5 Å². The zero-order valence-corrected chi connectivity index (χ0v) is 4.87. The van der Waals surface area contributed by atoms with Gasteiger partial charge in [-0.3, -0.25) is 0 Å². The molecule has 0 aromatic rings. The van der Waals surface area contributed by atoms with Crippen molar-refractivity contribution in [1.82, 2.24) is 0 Å². The molecule has 0 atom stereocenters. The molecule has 1 aliphatic rings. The van der Waals surface area contributed by atoms with Crippen molar-refractivity contribution in [1.29, 1.82) is 0 Å². The lowest BCUT2D eigenvalue weighted by Crippen LogP contribution is -1.77. The maximum absolute atomic E-state index is 5.50. The smallest absolute Gasteiger partial charge is 0.110 e. The minimum Gasteiger partial charge on any atom is -0.249 e. The second-order valence-electron chi connectivity index (χ2n) is 1.66. The predicted molar refractivity (Wildman–Crippen MR) is 31.7 cm³/mol. The second kappa shape index (κ2) is 1.66. The van der Waals surface area contributed by atoms with Gasteiger partial charge in [0.05, 0.1) is 0 Å². The Morgan fingerprint density at radius 3 is 2.71 bits per heavy atom. The fourth-order valence-electron chi connectivity index (χ4n) is 0.502. The third kappa shape index (κ3) is 1.03. The van der Waals surface area contributed by atoms with Gasteiger partial charge in [0.15, 0.2) is 0 Å². The summed E-state index contributed by atoms with van der Waals surface area (Å²) in [6.45, 7) is 2.01. The third-order valence-electron chi connectivity index (χ3n) is 0.850. The Morgan fingerprint density at radius 2 is 2.57 bits per heavy atom. The normalized spacial score (nSPS) is 19.1. The number of hydrogen-bond acceptors (Lipinski definition) is 1. The molecule has 38 valence electrons. The molecule has 2 heteroatoms. The monoisotopic (exact) mass is 115 g/mol. The third-order valence-corrected chi connectivity index (χ3v) is 1.08. The number of halogens is 1. The highest BCUT2D eigenvalue weighted by Gasteiger charge is 2.00. The van der Waals surface area contributed by atoms with Gasteiger partial charge >= 0.3 is 0 Å². The summed E-state index contributed by atoms with van der Waals surface area (Å²) in [5, 5.41) is 0.706. The van der Waals surface area contributed by atoms with E-state index >= 15 is 0 Å². The maximum Gasteiger partial charge on any atom is 0.110 e. The average Bonchev–Trinajstić information content (AvgIpc) is 1.87. The van der Waals surface area contributed by atoms with Crippen LogP contribution >= 0.6 is 11.6 Å². The number of hydrogen-bond donors (Lipinski definition) is 0. The Morgan fingerprint density at radius 1 is 1.86 bits per heavy atom. The van der Waals surface area contributed by atoms with Crippen LogP contribution in [0.1, 0.15) is 13.3 Å². The molecule has 0 saturated carbocycles. The molecule has 1 heterocycles. The van der Waals surface area contributed by atoms with Crippen LogP contribution < -0.4 is 0 Å². The highest BCUT2D eigenvalue weighted by molar-refractivity contribution is 6.66. The van der Waals surface area contributed by atoms with Crippen molar-refractivity contribution < 1.29 is 0 Å². The molecule has 0 saturated heterocycles. The van der Waals surface area contributed by atoms with E-state index in [1.807, 2.05) is 6.92 Å². The van der Waals surface area contributed by atoms with Crippen molar-refractivity contribution in [2.45, 2.75) is 13.3 Å². The van der Waals surface area contributed by atoms with E-state index in [2.05, 4.69) is 4.99 Å². The van der Waals surface area contributed by atoms with Gasteiger partial charge < -0.3 is 0 Å². The minimum absolute atomic E-state index is 0.706. The zero-order chi connectivity index (χ0) is 5.28. The van der Waals surface area contributed by atoms with E-state index in [0.717, 1.165) is 6.42 Å². The zero-order valence-electron chi connectivity index (χ0n) is 4.11. The molecule has 0 spiro atoms. The summed E-state index contributed by atoms with van der Waals surface area (Å²) in [6.07, 6.45) is 2.64. The van der Waals surface area contributed by atoms with E-state index < -0.39 is 0 Å². The van der Waals surface area contributed by atoms with Gasteiger partial charge in [0.1, 0.15) is 5.17 Å². The predicted octanol–water partition coefficient (Wildman–Crippen LogP) is 1.93. The van der Waals surface area contributed by atoms with E-state index in [0.29, 0.717) is 5.17 Å². The van der Waals surface area contributed by atoms with E-state index in [9.17, 15) is 0 Å². The Balaban J connectivity index is 2.61. The van der Waals surface area contributed by atoms with Gasteiger partial charge in [0, 0.05) is 12.6 Å². The fourth-order valence-corrected chi connectivity index (χ4v) is 0.761. The van der Waals surface area contributed by atoms with Crippen LogP contribution in [0.5, 0.6) is 0 Å². The lowest BCUT2D eigenvalue weighted by Gasteiger charge is -1.81. The summed E-state index contributed by atoms with van der Waals surface area (Å²) < 4.78 is 0. The standard InChI is InChI=1S/C5H6ClN/c1-4-2-5(6)7-3-4/h3H,2H2,1H3. The van der Waals surface area contributed by atoms with E-state index in [4.69, 9.17) is 11.6 Å². The van der Waals surface area contributed by atoms with E-state index in [1.54, 1.807) is 6.20 Å². The first kappa shape index (κ1) is 4.85. The molecule has 7 heavy (non-hydrogen) atoms. The van der Waals surface area contributed by atoms with Crippen molar-refractivity contribution in [2.75, 3.05) is 0 Å². The first-order valence-corrected chi connectivity index (χ1v) is 2.54. The molecule has 1 rings (SSSR count). The van der Waals surface area contributed by atoms with Gasteiger partial charge in [-0.1, -0.05) is 11.6 Å². The van der Waals surface area contributed by atoms with Gasteiger partial charge in [0.2, 0.25) is 0 Å². The largest absolute Gasteiger partial charge is 0.249 e. The van der Waals surface area contributed by atoms with E-state index in [1.165, 1.54) is 5.57 Å². The molecule has 0 radical (unpaired) electrons. The first-order valence-electron chi connectivity index (χ1n) is 2.17. The molecule has 0 aliphatic carbocycles. The molecule has 1 nitrogen and oxygen atoms in total. The summed E-state index contributed by atoms with van der Waals surface area (Å²) in [4.78, 5) is 3.84. The van der Waals surface area contributed by atoms with Crippen LogP contribution in [0.15, 0.2) is 16.8 Å². The molecule has 0 fully saturated rings. The molecular weight excluding hydrogens is 110 g/mol. The molecule has 0 aromatic carbocycles. The summed E-state index contributed by atoms with van der Waals surface area (Å²) in [6, 6.07) is 0. The Bertz CT molecular complexity index is 119.